The van der Waals surface area contributed by atoms with Crippen LogP contribution in [-0.2, 0) is 0 Å². The highest BCUT2D eigenvalue weighted by atomic mass is 16.3. The molecule has 0 aromatic heterocycles. The molecule has 0 spiro atoms. The van der Waals surface area contributed by atoms with E-state index >= 15 is 0 Å². The molecule has 12 heavy (non-hydrogen) atoms. The van der Waals surface area contributed by atoms with Crippen LogP contribution in [0.5, 0.6) is 0 Å². The molecule has 3 unspecified atom stereocenters. The average molecular weight is 169 g/mol. The van der Waals surface area contributed by atoms with Gasteiger partial charge in [0.25, 0.3) is 0 Å². The number of aliphatic hydroxyl groups excluding tert-OH is 1. The van der Waals surface area contributed by atoms with Crippen molar-refractivity contribution in [1.82, 2.24) is 0 Å². The summed E-state index contributed by atoms with van der Waals surface area (Å²) < 4.78 is 0. The van der Waals surface area contributed by atoms with Gasteiger partial charge in [0.1, 0.15) is 0 Å². The lowest BCUT2D eigenvalue weighted by atomic mass is 9.74. The molecule has 1 rings (SSSR count). The molecule has 2 nitrogen and oxygen atoms in total. The summed E-state index contributed by atoms with van der Waals surface area (Å²) in [6.07, 6.45) is 2.38. The highest BCUT2D eigenvalue weighted by Crippen LogP contribution is 2.33. The number of nitrogens with two attached hydrogens (primary N) is 1. The molecule has 0 radical (unpaired) electrons. The van der Waals surface area contributed by atoms with Crippen molar-refractivity contribution in [3.05, 3.63) is 12.2 Å². The van der Waals surface area contributed by atoms with E-state index in [9.17, 15) is 5.11 Å². The molecule has 3 N–H and O–H groups in total. The van der Waals surface area contributed by atoms with E-state index in [1.165, 1.54) is 5.57 Å². The van der Waals surface area contributed by atoms with Crippen LogP contribution in [0, 0.1) is 5.92 Å². The van der Waals surface area contributed by atoms with Crippen LogP contribution in [0.2, 0.25) is 0 Å². The third-order valence-electron chi connectivity index (χ3n) is 3.00. The summed E-state index contributed by atoms with van der Waals surface area (Å²) in [6.45, 7) is 7.86. The van der Waals surface area contributed by atoms with Crippen molar-refractivity contribution in [2.24, 2.45) is 11.7 Å². The maximum atomic E-state index is 9.69. The largest absolute Gasteiger partial charge is 0.391 e. The van der Waals surface area contributed by atoms with Crippen LogP contribution in [0.1, 0.15) is 33.1 Å². The molecule has 2 heteroatoms. The smallest absolute Gasteiger partial charge is 0.0722 e. The van der Waals surface area contributed by atoms with E-state index in [2.05, 4.69) is 6.58 Å². The lowest BCUT2D eigenvalue weighted by molar-refractivity contribution is 0.0405. The first-order valence-corrected chi connectivity index (χ1v) is 4.56. The van der Waals surface area contributed by atoms with E-state index in [-0.39, 0.29) is 11.6 Å². The van der Waals surface area contributed by atoms with Gasteiger partial charge in [0.2, 0.25) is 0 Å². The lowest BCUT2D eigenvalue weighted by Gasteiger charge is -2.39. The van der Waals surface area contributed by atoms with Crippen molar-refractivity contribution in [3.8, 4) is 0 Å². The molecule has 0 aromatic rings. The van der Waals surface area contributed by atoms with E-state index in [1.807, 2.05) is 13.8 Å². The fraction of sp³-hybridized carbons (Fsp3) is 0.800. The molecule has 0 aliphatic heterocycles. The molecule has 0 amide bonds. The van der Waals surface area contributed by atoms with Crippen LogP contribution in [0.3, 0.4) is 0 Å². The minimum atomic E-state index is -0.383. The zero-order chi connectivity index (χ0) is 9.35. The minimum Gasteiger partial charge on any atom is -0.391 e. The van der Waals surface area contributed by atoms with Crippen LogP contribution < -0.4 is 5.73 Å². The summed E-state index contributed by atoms with van der Waals surface area (Å²) >= 11 is 0. The first-order chi connectivity index (χ1) is 5.43. The Hall–Kier alpha value is -0.340. The van der Waals surface area contributed by atoms with Gasteiger partial charge in [-0.1, -0.05) is 12.2 Å². The van der Waals surface area contributed by atoms with Gasteiger partial charge in [-0.05, 0) is 39.0 Å². The Labute approximate surface area is 74.5 Å². The van der Waals surface area contributed by atoms with Gasteiger partial charge in [-0.25, -0.2) is 0 Å². The molecule has 70 valence electrons. The van der Waals surface area contributed by atoms with Gasteiger partial charge in [0.05, 0.1) is 6.10 Å². The van der Waals surface area contributed by atoms with Crippen molar-refractivity contribution >= 4 is 0 Å². The number of hydrogen-bond acceptors (Lipinski definition) is 2. The van der Waals surface area contributed by atoms with Gasteiger partial charge in [-0.3, -0.25) is 0 Å². The zero-order valence-corrected chi connectivity index (χ0v) is 8.01. The molecule has 0 aromatic carbocycles. The highest BCUT2D eigenvalue weighted by Gasteiger charge is 2.35. The number of allylic oxidation sites excluding steroid dienone is 1. The van der Waals surface area contributed by atoms with E-state index < -0.39 is 0 Å². The third-order valence-corrected chi connectivity index (χ3v) is 3.00. The van der Waals surface area contributed by atoms with Crippen molar-refractivity contribution in [2.45, 2.75) is 44.8 Å². The summed E-state index contributed by atoms with van der Waals surface area (Å²) in [6, 6.07) is 0. The number of aliphatic hydroxyl groups is 1. The fourth-order valence-corrected chi connectivity index (χ4v) is 1.76. The molecule has 1 aliphatic rings. The predicted octanol–water partition coefficient (Wildman–Crippen LogP) is 1.44. The van der Waals surface area contributed by atoms with Crippen molar-refractivity contribution < 1.29 is 5.11 Å². The highest BCUT2D eigenvalue weighted by molar-refractivity contribution is 5.04. The van der Waals surface area contributed by atoms with Crippen LogP contribution in [-0.4, -0.2) is 16.7 Å². The van der Waals surface area contributed by atoms with Crippen LogP contribution >= 0.6 is 0 Å². The topological polar surface area (TPSA) is 46.2 Å². The van der Waals surface area contributed by atoms with Gasteiger partial charge in [0, 0.05) is 5.54 Å². The van der Waals surface area contributed by atoms with E-state index in [0.29, 0.717) is 5.92 Å². The standard InChI is InChI=1S/C10H19NO/c1-7(2)8-4-5-10(3,11)9(12)6-8/h8-9,12H,1,4-6,11H2,2-3H3. The van der Waals surface area contributed by atoms with Gasteiger partial charge in [0.15, 0.2) is 0 Å². The van der Waals surface area contributed by atoms with Crippen molar-refractivity contribution in [1.29, 1.82) is 0 Å². The third kappa shape index (κ3) is 1.87. The summed E-state index contributed by atoms with van der Waals surface area (Å²) in [5.41, 5.74) is 6.69. The summed E-state index contributed by atoms with van der Waals surface area (Å²) in [4.78, 5) is 0. The Morgan fingerprint density at radius 3 is 2.67 bits per heavy atom. The van der Waals surface area contributed by atoms with Gasteiger partial charge in [-0.2, -0.15) is 0 Å². The lowest BCUT2D eigenvalue weighted by Crippen LogP contribution is -2.51. The minimum absolute atomic E-state index is 0.368. The Balaban J connectivity index is 2.58. The first-order valence-electron chi connectivity index (χ1n) is 4.56. The van der Waals surface area contributed by atoms with E-state index in [1.54, 1.807) is 0 Å². The quantitative estimate of drug-likeness (QED) is 0.583. The molecule has 1 aliphatic carbocycles. The molecule has 0 heterocycles. The van der Waals surface area contributed by atoms with Crippen molar-refractivity contribution in [3.63, 3.8) is 0 Å². The molecular weight excluding hydrogens is 150 g/mol. The average Bonchev–Trinajstić information content (AvgIpc) is 1.94. The van der Waals surface area contributed by atoms with Gasteiger partial charge in [-0.15, -0.1) is 0 Å². The summed E-state index contributed by atoms with van der Waals surface area (Å²) in [5, 5.41) is 9.69. The Bertz CT molecular complexity index is 186. The maximum absolute atomic E-state index is 9.69. The molecule has 0 saturated heterocycles. The Kier molecular flexibility index (Phi) is 2.59. The molecule has 1 fully saturated rings. The monoisotopic (exact) mass is 169 g/mol. The summed E-state index contributed by atoms with van der Waals surface area (Å²) in [7, 11) is 0. The van der Waals surface area contributed by atoms with Crippen molar-refractivity contribution in [2.75, 3.05) is 0 Å². The first kappa shape index (κ1) is 9.75. The molecule has 1 saturated carbocycles. The van der Waals surface area contributed by atoms with Gasteiger partial charge >= 0.3 is 0 Å². The fourth-order valence-electron chi connectivity index (χ4n) is 1.76. The molecular formula is C10H19NO. The Morgan fingerprint density at radius 1 is 1.67 bits per heavy atom. The second-order valence-corrected chi connectivity index (χ2v) is 4.34. The molecule has 3 atom stereocenters. The number of rotatable bonds is 1. The molecule has 0 bridgehead atoms. The van der Waals surface area contributed by atoms with Crippen LogP contribution in [0.15, 0.2) is 12.2 Å². The van der Waals surface area contributed by atoms with E-state index in [0.717, 1.165) is 19.3 Å². The van der Waals surface area contributed by atoms with Gasteiger partial charge < -0.3 is 10.8 Å². The normalized spacial score (nSPS) is 42.7. The summed E-state index contributed by atoms with van der Waals surface area (Å²) in [5.74, 6) is 0.469. The maximum Gasteiger partial charge on any atom is 0.0722 e. The van der Waals surface area contributed by atoms with Crippen LogP contribution in [0.4, 0.5) is 0 Å². The SMILES string of the molecule is C=C(C)C1CCC(C)(N)C(O)C1. The number of hydrogen-bond donors (Lipinski definition) is 2. The van der Waals surface area contributed by atoms with Crippen LogP contribution in [0.25, 0.3) is 0 Å². The predicted molar refractivity (Wildman–Crippen MR) is 50.8 cm³/mol. The second-order valence-electron chi connectivity index (χ2n) is 4.34. The second kappa shape index (κ2) is 3.19. The zero-order valence-electron chi connectivity index (χ0n) is 8.01. The van der Waals surface area contributed by atoms with E-state index in [4.69, 9.17) is 5.73 Å². The Morgan fingerprint density at radius 2 is 2.25 bits per heavy atom.